The van der Waals surface area contributed by atoms with Gasteiger partial charge in [0.05, 0.1) is 6.61 Å². The van der Waals surface area contributed by atoms with E-state index in [4.69, 9.17) is 15.2 Å². The van der Waals surface area contributed by atoms with Crippen molar-refractivity contribution >= 4 is 17.4 Å². The van der Waals surface area contributed by atoms with Crippen LogP contribution in [0.2, 0.25) is 0 Å². The molecule has 8 nitrogen and oxygen atoms in total. The Morgan fingerprint density at radius 2 is 1.88 bits per heavy atom. The summed E-state index contributed by atoms with van der Waals surface area (Å²) >= 11 is 0. The van der Waals surface area contributed by atoms with Crippen LogP contribution in [0.5, 0.6) is 5.88 Å². The Bertz CT molecular complexity index is 1110. The van der Waals surface area contributed by atoms with Crippen LogP contribution in [-0.4, -0.2) is 33.2 Å². The van der Waals surface area contributed by atoms with Crippen molar-refractivity contribution < 1.29 is 19.0 Å². The normalized spacial score (nSPS) is 12.0. The number of ether oxygens (including phenoxy) is 2. The first-order valence-corrected chi connectivity index (χ1v) is 11.6. The lowest BCUT2D eigenvalue weighted by molar-refractivity contribution is -0.723. The molecule has 1 aromatic carbocycles. The molecule has 0 saturated carbocycles. The van der Waals surface area contributed by atoms with Gasteiger partial charge in [0, 0.05) is 24.3 Å². The largest absolute Gasteiger partial charge is 0.472 e. The first-order chi connectivity index (χ1) is 15.7. The molecule has 0 aliphatic heterocycles. The molecule has 2 N–H and O–H groups in total. The lowest BCUT2D eigenvalue weighted by Crippen LogP contribution is -2.42. The standard InChI is InChI=1S/C25H35N5O3/c1-7-20(8-2)33-23-11-10-22-27-29(24(26)30(22)28-23)15-21(31)18-12-17(16-32-9-3)13-19(14-18)25(4,5)6/h10-14,20,26H,7-9,15-16H2,1-6H3/p+1. The fourth-order valence-electron chi connectivity index (χ4n) is 3.55. The molecule has 3 aromatic rings. The van der Waals surface area contributed by atoms with E-state index in [2.05, 4.69) is 50.9 Å². The topological polar surface area (TPSA) is 95.6 Å². The number of ketones is 1. The van der Waals surface area contributed by atoms with Gasteiger partial charge in [0.1, 0.15) is 6.10 Å². The number of hydrogen-bond donors (Lipinski definition) is 1. The van der Waals surface area contributed by atoms with Gasteiger partial charge in [0.15, 0.2) is 12.3 Å². The number of rotatable bonds is 10. The zero-order valence-corrected chi connectivity index (χ0v) is 20.6. The molecule has 0 saturated heterocycles. The Hall–Kier alpha value is -3.00. The highest BCUT2D eigenvalue weighted by Gasteiger charge is 2.23. The average Bonchev–Trinajstić information content (AvgIpc) is 3.09. The summed E-state index contributed by atoms with van der Waals surface area (Å²) in [6, 6.07) is 9.51. The van der Waals surface area contributed by atoms with E-state index in [0.717, 1.165) is 24.0 Å². The van der Waals surface area contributed by atoms with E-state index in [9.17, 15) is 4.79 Å². The highest BCUT2D eigenvalue weighted by molar-refractivity contribution is 5.95. The Morgan fingerprint density at radius 1 is 1.15 bits per heavy atom. The number of nitrogens with two attached hydrogens (primary N) is 1. The number of Topliss-reactive ketones (excluding diaryl/α,β-unsaturated/α-hetero) is 1. The first kappa shape index (κ1) is 24.6. The molecule has 2 aromatic heterocycles. The fourth-order valence-corrected chi connectivity index (χ4v) is 3.55. The van der Waals surface area contributed by atoms with E-state index >= 15 is 0 Å². The van der Waals surface area contributed by atoms with Crippen molar-refractivity contribution in [2.75, 3.05) is 12.3 Å². The molecule has 0 bridgehead atoms. The van der Waals surface area contributed by atoms with Gasteiger partial charge in [-0.2, -0.15) is 0 Å². The van der Waals surface area contributed by atoms with Gasteiger partial charge in [0.2, 0.25) is 5.88 Å². The van der Waals surface area contributed by atoms with Crippen LogP contribution >= 0.6 is 0 Å². The second-order valence-corrected chi connectivity index (χ2v) is 9.24. The first-order valence-electron chi connectivity index (χ1n) is 11.6. The SMILES string of the molecule is CCOCc1cc(C(=O)C[n+]2nc3ccc(OC(CC)CC)nn3c2N)cc(C(C)(C)C)c1. The third kappa shape index (κ3) is 5.87. The predicted octanol–water partition coefficient (Wildman–Crippen LogP) is 3.88. The van der Waals surface area contributed by atoms with Gasteiger partial charge < -0.3 is 9.47 Å². The highest BCUT2D eigenvalue weighted by Crippen LogP contribution is 2.25. The minimum Gasteiger partial charge on any atom is -0.472 e. The maximum atomic E-state index is 13.2. The quantitative estimate of drug-likeness (QED) is 0.369. The van der Waals surface area contributed by atoms with Crippen molar-refractivity contribution in [1.29, 1.82) is 0 Å². The molecule has 178 valence electrons. The van der Waals surface area contributed by atoms with Crippen LogP contribution in [0.25, 0.3) is 5.65 Å². The molecule has 0 spiro atoms. The number of hydrogen-bond acceptors (Lipinski definition) is 6. The molecular formula is C25H36N5O3+. The van der Waals surface area contributed by atoms with Gasteiger partial charge in [-0.25, -0.2) is 0 Å². The van der Waals surface area contributed by atoms with E-state index < -0.39 is 0 Å². The third-order valence-electron chi connectivity index (χ3n) is 5.64. The summed E-state index contributed by atoms with van der Waals surface area (Å²) in [6.07, 6.45) is 1.88. The van der Waals surface area contributed by atoms with Crippen LogP contribution in [0.4, 0.5) is 5.95 Å². The van der Waals surface area contributed by atoms with Gasteiger partial charge in [-0.05, 0) is 48.4 Å². The van der Waals surface area contributed by atoms with E-state index in [1.54, 1.807) is 12.1 Å². The highest BCUT2D eigenvalue weighted by atomic mass is 16.5. The number of nitrogen functional groups attached to an aromatic ring is 1. The van der Waals surface area contributed by atoms with Crippen LogP contribution in [0, 0.1) is 0 Å². The van der Waals surface area contributed by atoms with Crippen LogP contribution in [-0.2, 0) is 23.3 Å². The zero-order valence-electron chi connectivity index (χ0n) is 20.6. The average molecular weight is 455 g/mol. The molecule has 0 aliphatic rings. The van der Waals surface area contributed by atoms with E-state index in [1.165, 1.54) is 9.20 Å². The van der Waals surface area contributed by atoms with Crippen molar-refractivity contribution in [3.63, 3.8) is 0 Å². The van der Waals surface area contributed by atoms with E-state index in [0.29, 0.717) is 30.3 Å². The minimum absolute atomic E-state index is 0.0135. The number of anilines is 1. The molecular weight excluding hydrogens is 418 g/mol. The number of carbonyl (C=O) groups excluding carboxylic acids is 1. The lowest BCUT2D eigenvalue weighted by atomic mass is 9.84. The van der Waals surface area contributed by atoms with Gasteiger partial charge in [-0.3, -0.25) is 10.5 Å². The molecule has 2 heterocycles. The van der Waals surface area contributed by atoms with Crippen molar-refractivity contribution in [3.8, 4) is 5.88 Å². The molecule has 0 fully saturated rings. The molecule has 8 heteroatoms. The van der Waals surface area contributed by atoms with Crippen molar-refractivity contribution in [3.05, 3.63) is 47.0 Å². The summed E-state index contributed by atoms with van der Waals surface area (Å²) in [5.41, 5.74) is 9.43. The summed E-state index contributed by atoms with van der Waals surface area (Å²) in [7, 11) is 0. The van der Waals surface area contributed by atoms with Gasteiger partial charge in [0.25, 0.3) is 5.65 Å². The molecule has 0 radical (unpaired) electrons. The zero-order chi connectivity index (χ0) is 24.2. The van der Waals surface area contributed by atoms with Crippen LogP contribution in [0.15, 0.2) is 30.3 Å². The molecule has 33 heavy (non-hydrogen) atoms. The van der Waals surface area contributed by atoms with Gasteiger partial charge in [-0.15, -0.1) is 4.68 Å². The fraction of sp³-hybridized carbons (Fsp3) is 0.520. The van der Waals surface area contributed by atoms with Crippen molar-refractivity contribution in [1.82, 2.24) is 14.7 Å². The minimum atomic E-state index is -0.0956. The molecule has 0 unspecified atom stereocenters. The molecule has 0 amide bonds. The number of fused-ring (bicyclic) bond motifs is 1. The summed E-state index contributed by atoms with van der Waals surface area (Å²) < 4.78 is 14.5. The Balaban J connectivity index is 1.89. The summed E-state index contributed by atoms with van der Waals surface area (Å²) in [5.74, 6) is 0.680. The Kier molecular flexibility index (Phi) is 7.68. The summed E-state index contributed by atoms with van der Waals surface area (Å²) in [6.45, 7) is 13.6. The lowest BCUT2D eigenvalue weighted by Gasteiger charge is -2.21. The third-order valence-corrected chi connectivity index (χ3v) is 5.64. The van der Waals surface area contributed by atoms with Gasteiger partial charge in [-0.1, -0.05) is 55.4 Å². The maximum Gasteiger partial charge on any atom is 0.401 e. The molecule has 0 aliphatic carbocycles. The van der Waals surface area contributed by atoms with Crippen LogP contribution < -0.4 is 15.2 Å². The second kappa shape index (κ2) is 10.3. The van der Waals surface area contributed by atoms with Crippen LogP contribution in [0.1, 0.15) is 75.9 Å². The smallest absolute Gasteiger partial charge is 0.401 e. The Labute approximate surface area is 195 Å². The summed E-state index contributed by atoms with van der Waals surface area (Å²) in [5, 5.41) is 8.94. The van der Waals surface area contributed by atoms with E-state index in [-0.39, 0.29) is 29.8 Å². The molecule has 0 atom stereocenters. The van der Waals surface area contributed by atoms with Crippen molar-refractivity contribution in [2.45, 2.75) is 79.1 Å². The number of benzene rings is 1. The second-order valence-electron chi connectivity index (χ2n) is 9.24. The van der Waals surface area contributed by atoms with Gasteiger partial charge >= 0.3 is 5.95 Å². The Morgan fingerprint density at radius 3 is 2.52 bits per heavy atom. The number of carbonyl (C=O) groups is 1. The monoisotopic (exact) mass is 454 g/mol. The summed E-state index contributed by atoms with van der Waals surface area (Å²) in [4.78, 5) is 13.2. The number of aromatic nitrogens is 4. The molecule has 3 rings (SSSR count). The van der Waals surface area contributed by atoms with E-state index in [1.807, 2.05) is 19.1 Å². The van der Waals surface area contributed by atoms with Crippen LogP contribution in [0.3, 0.4) is 0 Å². The number of nitrogens with zero attached hydrogens (tertiary/aromatic N) is 4. The maximum absolute atomic E-state index is 13.2. The van der Waals surface area contributed by atoms with Crippen molar-refractivity contribution in [2.24, 2.45) is 0 Å². The predicted molar refractivity (Wildman–Crippen MR) is 127 cm³/mol.